The van der Waals surface area contributed by atoms with Gasteiger partial charge in [0.2, 0.25) is 5.91 Å². The van der Waals surface area contributed by atoms with Crippen molar-refractivity contribution in [3.05, 3.63) is 0 Å². The van der Waals surface area contributed by atoms with Crippen molar-refractivity contribution in [3.63, 3.8) is 0 Å². The summed E-state index contributed by atoms with van der Waals surface area (Å²) in [6.45, 7) is 0.768. The van der Waals surface area contributed by atoms with E-state index in [0.29, 0.717) is 5.92 Å². The first-order valence-electron chi connectivity index (χ1n) is 5.28. The zero-order chi connectivity index (χ0) is 11.0. The fourth-order valence-electron chi connectivity index (χ4n) is 2.18. The fraction of sp³-hybridized carbons (Fsp3) is 0.800. The van der Waals surface area contributed by atoms with Gasteiger partial charge in [0.1, 0.15) is 6.04 Å². The zero-order valence-electron chi connectivity index (χ0n) is 8.81. The second kappa shape index (κ2) is 3.81. The topological polar surface area (TPSA) is 72.6 Å². The lowest BCUT2D eigenvalue weighted by Gasteiger charge is -2.43. The van der Waals surface area contributed by atoms with Crippen LogP contribution in [0.2, 0.25) is 0 Å². The average Bonchev–Trinajstić information content (AvgIpc) is 2.92. The predicted molar refractivity (Wildman–Crippen MR) is 52.8 cm³/mol. The molecule has 0 spiro atoms. The summed E-state index contributed by atoms with van der Waals surface area (Å²) >= 11 is 0. The van der Waals surface area contributed by atoms with Crippen LogP contribution in [-0.4, -0.2) is 42.5 Å². The summed E-state index contributed by atoms with van der Waals surface area (Å²) in [5, 5.41) is 0. The number of primary amides is 1. The van der Waals surface area contributed by atoms with Gasteiger partial charge in [-0.1, -0.05) is 0 Å². The Morgan fingerprint density at radius 2 is 2.07 bits per heavy atom. The average molecular weight is 212 g/mol. The van der Waals surface area contributed by atoms with E-state index in [4.69, 9.17) is 10.5 Å². The summed E-state index contributed by atoms with van der Waals surface area (Å²) in [7, 11) is 1.39. The van der Waals surface area contributed by atoms with Gasteiger partial charge >= 0.3 is 5.97 Å². The van der Waals surface area contributed by atoms with E-state index < -0.39 is 0 Å². The molecular formula is C10H16N2O3. The maximum atomic E-state index is 11.6. The Bertz CT molecular complexity index is 288. The molecule has 2 fully saturated rings. The van der Waals surface area contributed by atoms with E-state index in [1.165, 1.54) is 7.11 Å². The summed E-state index contributed by atoms with van der Waals surface area (Å²) in [5.41, 5.74) is 5.26. The number of nitrogens with two attached hydrogens (primary N) is 1. The quantitative estimate of drug-likeness (QED) is 0.637. The van der Waals surface area contributed by atoms with Crippen molar-refractivity contribution >= 4 is 11.9 Å². The Hall–Kier alpha value is -1.10. The maximum absolute atomic E-state index is 11.6. The van der Waals surface area contributed by atoms with E-state index in [1.807, 2.05) is 4.90 Å². The monoisotopic (exact) mass is 212 g/mol. The molecule has 5 nitrogen and oxygen atoms in total. The molecular weight excluding hydrogens is 196 g/mol. The molecule has 0 aromatic rings. The van der Waals surface area contributed by atoms with E-state index in [9.17, 15) is 9.59 Å². The lowest BCUT2D eigenvalue weighted by Crippen LogP contribution is -2.61. The molecule has 0 radical (unpaired) electrons. The van der Waals surface area contributed by atoms with Crippen LogP contribution in [0.1, 0.15) is 19.3 Å². The Morgan fingerprint density at radius 3 is 2.40 bits per heavy atom. The lowest BCUT2D eigenvalue weighted by atomic mass is 9.97. The molecule has 2 N–H and O–H groups in total. The van der Waals surface area contributed by atoms with E-state index in [2.05, 4.69) is 0 Å². The Morgan fingerprint density at radius 1 is 1.40 bits per heavy atom. The van der Waals surface area contributed by atoms with Crippen LogP contribution in [0.4, 0.5) is 0 Å². The van der Waals surface area contributed by atoms with Crippen LogP contribution < -0.4 is 5.73 Å². The van der Waals surface area contributed by atoms with Crippen LogP contribution >= 0.6 is 0 Å². The van der Waals surface area contributed by atoms with Crippen molar-refractivity contribution in [2.75, 3.05) is 13.7 Å². The van der Waals surface area contributed by atoms with Gasteiger partial charge in [0, 0.05) is 6.54 Å². The minimum atomic E-state index is -0.337. The number of hydrogen-bond donors (Lipinski definition) is 1. The highest BCUT2D eigenvalue weighted by Crippen LogP contribution is 2.39. The van der Waals surface area contributed by atoms with Gasteiger partial charge in [-0.2, -0.15) is 0 Å². The Kier molecular flexibility index (Phi) is 2.65. The normalized spacial score (nSPS) is 27.9. The van der Waals surface area contributed by atoms with Crippen LogP contribution in [-0.2, 0) is 14.3 Å². The van der Waals surface area contributed by atoms with Gasteiger partial charge in [-0.05, 0) is 25.2 Å². The zero-order valence-corrected chi connectivity index (χ0v) is 8.81. The SMILES string of the molecule is COC(=O)C(C1CC1)N1CCC1C(N)=O. The number of rotatable bonds is 4. The predicted octanol–water partition coefficient (Wildman–Crippen LogP) is -0.502. The number of esters is 1. The first-order chi connectivity index (χ1) is 7.15. The number of likely N-dealkylation sites (tertiary alicyclic amines) is 1. The fourth-order valence-corrected chi connectivity index (χ4v) is 2.18. The molecule has 1 saturated carbocycles. The van der Waals surface area contributed by atoms with Crippen molar-refractivity contribution in [1.29, 1.82) is 0 Å². The summed E-state index contributed by atoms with van der Waals surface area (Å²) in [6, 6.07) is -0.518. The molecule has 2 aliphatic rings. The van der Waals surface area contributed by atoms with Crippen LogP contribution in [0, 0.1) is 5.92 Å². The largest absolute Gasteiger partial charge is 0.468 e. The van der Waals surface area contributed by atoms with Crippen LogP contribution in [0.25, 0.3) is 0 Å². The van der Waals surface area contributed by atoms with Crippen molar-refractivity contribution in [3.8, 4) is 0 Å². The summed E-state index contributed by atoms with van der Waals surface area (Å²) in [5.74, 6) is -0.209. The van der Waals surface area contributed by atoms with Gasteiger partial charge in [0.05, 0.1) is 13.2 Å². The minimum absolute atomic E-state index is 0.233. The molecule has 1 heterocycles. The second-order valence-corrected chi connectivity index (χ2v) is 4.25. The third-order valence-electron chi connectivity index (χ3n) is 3.26. The van der Waals surface area contributed by atoms with Gasteiger partial charge < -0.3 is 10.5 Å². The number of methoxy groups -OCH3 is 1. The van der Waals surface area contributed by atoms with Crippen molar-refractivity contribution in [2.24, 2.45) is 11.7 Å². The third-order valence-corrected chi connectivity index (χ3v) is 3.26. The van der Waals surface area contributed by atoms with Crippen molar-refractivity contribution < 1.29 is 14.3 Å². The molecule has 2 atom stereocenters. The Labute approximate surface area is 88.5 Å². The Balaban J connectivity index is 2.05. The van der Waals surface area contributed by atoms with E-state index in [-0.39, 0.29) is 24.0 Å². The summed E-state index contributed by atoms with van der Waals surface area (Å²) < 4.78 is 4.77. The molecule has 1 amide bonds. The molecule has 1 saturated heterocycles. The third kappa shape index (κ3) is 1.84. The number of amides is 1. The van der Waals surface area contributed by atoms with Gasteiger partial charge in [0.15, 0.2) is 0 Å². The van der Waals surface area contributed by atoms with Gasteiger partial charge in [-0.15, -0.1) is 0 Å². The molecule has 84 valence electrons. The molecule has 0 aromatic carbocycles. The van der Waals surface area contributed by atoms with Crippen LogP contribution in [0.15, 0.2) is 0 Å². The first-order valence-corrected chi connectivity index (χ1v) is 5.28. The summed E-state index contributed by atoms with van der Waals surface area (Å²) in [6.07, 6.45) is 2.85. The van der Waals surface area contributed by atoms with Gasteiger partial charge in [-0.3, -0.25) is 14.5 Å². The highest BCUT2D eigenvalue weighted by atomic mass is 16.5. The van der Waals surface area contributed by atoms with E-state index in [1.54, 1.807) is 0 Å². The summed E-state index contributed by atoms with van der Waals surface area (Å²) in [4.78, 5) is 24.5. The number of ether oxygens (including phenoxy) is 1. The number of carbonyl (C=O) groups excluding carboxylic acids is 2. The maximum Gasteiger partial charge on any atom is 0.323 e. The van der Waals surface area contributed by atoms with Gasteiger partial charge in [-0.25, -0.2) is 0 Å². The molecule has 0 bridgehead atoms. The van der Waals surface area contributed by atoms with E-state index in [0.717, 1.165) is 25.8 Å². The number of carbonyl (C=O) groups is 2. The second-order valence-electron chi connectivity index (χ2n) is 4.25. The van der Waals surface area contributed by atoms with Crippen LogP contribution in [0.3, 0.4) is 0 Å². The van der Waals surface area contributed by atoms with E-state index >= 15 is 0 Å². The molecule has 5 heteroatoms. The molecule has 1 aliphatic carbocycles. The van der Waals surface area contributed by atoms with Crippen LogP contribution in [0.5, 0.6) is 0 Å². The smallest absolute Gasteiger partial charge is 0.323 e. The number of hydrogen-bond acceptors (Lipinski definition) is 4. The highest BCUT2D eigenvalue weighted by Gasteiger charge is 2.48. The molecule has 2 rings (SSSR count). The van der Waals surface area contributed by atoms with Gasteiger partial charge in [0.25, 0.3) is 0 Å². The molecule has 2 unspecified atom stereocenters. The first kappa shape index (κ1) is 10.4. The van der Waals surface area contributed by atoms with Crippen molar-refractivity contribution in [2.45, 2.75) is 31.3 Å². The number of nitrogens with zero attached hydrogens (tertiary/aromatic N) is 1. The highest BCUT2D eigenvalue weighted by molar-refractivity contribution is 5.83. The molecule has 15 heavy (non-hydrogen) atoms. The standard InChI is InChI=1S/C10H16N2O3/c1-15-10(14)8(6-2-3-6)12-5-4-7(12)9(11)13/h6-8H,2-5H2,1H3,(H2,11,13). The molecule has 0 aromatic heterocycles. The van der Waals surface area contributed by atoms with Crippen molar-refractivity contribution in [1.82, 2.24) is 4.90 Å². The lowest BCUT2D eigenvalue weighted by molar-refractivity contribution is -0.153. The molecule has 1 aliphatic heterocycles. The minimum Gasteiger partial charge on any atom is -0.468 e.